The van der Waals surface area contributed by atoms with Gasteiger partial charge in [-0.25, -0.2) is 4.98 Å². The first kappa shape index (κ1) is 14.2. The maximum Gasteiger partial charge on any atom is 0.273 e. The molecule has 0 aromatic carbocycles. The molecule has 0 bridgehead atoms. The topological polar surface area (TPSA) is 59.2 Å². The summed E-state index contributed by atoms with van der Waals surface area (Å²) in [5.74, 6) is 5.55. The molecular weight excluding hydrogens is 226 g/mol. The molecule has 2 N–H and O–H groups in total. The summed E-state index contributed by atoms with van der Waals surface area (Å²) >= 11 is 0. The minimum absolute atomic E-state index is 0.0885. The lowest BCUT2D eigenvalue weighted by Gasteiger charge is -2.25. The maximum absolute atomic E-state index is 12.4. The molecule has 1 rings (SSSR count). The zero-order valence-corrected chi connectivity index (χ0v) is 11.1. The summed E-state index contributed by atoms with van der Waals surface area (Å²) in [6.45, 7) is 6.83. The second kappa shape index (κ2) is 6.77. The second-order valence-corrected chi connectivity index (χ2v) is 4.09. The number of pyridine rings is 1. The van der Waals surface area contributed by atoms with Gasteiger partial charge in [-0.1, -0.05) is 11.8 Å². The number of rotatable bonds is 3. The summed E-state index contributed by atoms with van der Waals surface area (Å²) in [6.07, 6.45) is 1.61. The molecule has 4 heteroatoms. The van der Waals surface area contributed by atoms with Crippen LogP contribution in [0.15, 0.2) is 18.3 Å². The predicted octanol–water partition coefficient (Wildman–Crippen LogP) is 1.26. The van der Waals surface area contributed by atoms with Gasteiger partial charge in [0.25, 0.3) is 5.91 Å². The van der Waals surface area contributed by atoms with Crippen molar-refractivity contribution in [3.05, 3.63) is 29.6 Å². The predicted molar refractivity (Wildman–Crippen MR) is 72.0 cm³/mol. The molecule has 0 saturated heterocycles. The summed E-state index contributed by atoms with van der Waals surface area (Å²) in [5, 5.41) is 0. The van der Waals surface area contributed by atoms with Crippen molar-refractivity contribution in [1.29, 1.82) is 0 Å². The summed E-state index contributed by atoms with van der Waals surface area (Å²) < 4.78 is 0. The highest BCUT2D eigenvalue weighted by atomic mass is 16.2. The van der Waals surface area contributed by atoms with Crippen molar-refractivity contribution in [2.45, 2.75) is 26.8 Å². The Morgan fingerprint density at radius 2 is 2.28 bits per heavy atom. The molecule has 0 aliphatic heterocycles. The van der Waals surface area contributed by atoms with E-state index in [1.54, 1.807) is 23.2 Å². The highest BCUT2D eigenvalue weighted by Crippen LogP contribution is 2.10. The Bertz CT molecular complexity index is 471. The molecule has 1 aromatic heterocycles. The van der Waals surface area contributed by atoms with Crippen LogP contribution in [0.25, 0.3) is 0 Å². The molecule has 0 spiro atoms. The lowest BCUT2D eigenvalue weighted by Crippen LogP contribution is -2.37. The van der Waals surface area contributed by atoms with Gasteiger partial charge in [0.1, 0.15) is 5.69 Å². The Balaban J connectivity index is 3.12. The van der Waals surface area contributed by atoms with E-state index in [-0.39, 0.29) is 18.5 Å². The zero-order valence-electron chi connectivity index (χ0n) is 11.1. The number of amides is 1. The van der Waals surface area contributed by atoms with E-state index in [1.165, 1.54) is 0 Å². The van der Waals surface area contributed by atoms with Crippen LogP contribution in [0.5, 0.6) is 0 Å². The normalized spacial score (nSPS) is 9.83. The number of carbonyl (C=O) groups excluding carboxylic acids is 1. The van der Waals surface area contributed by atoms with Crippen molar-refractivity contribution >= 4 is 5.91 Å². The number of hydrogen-bond donors (Lipinski definition) is 1. The van der Waals surface area contributed by atoms with Crippen molar-refractivity contribution in [3.63, 3.8) is 0 Å². The van der Waals surface area contributed by atoms with Crippen LogP contribution in [0.2, 0.25) is 0 Å². The summed E-state index contributed by atoms with van der Waals surface area (Å²) in [5.41, 5.74) is 6.38. The van der Waals surface area contributed by atoms with E-state index in [1.807, 2.05) is 20.8 Å². The van der Waals surface area contributed by atoms with Crippen LogP contribution in [0.3, 0.4) is 0 Å². The summed E-state index contributed by atoms with van der Waals surface area (Å²) in [7, 11) is 0. The van der Waals surface area contributed by atoms with Crippen LogP contribution in [0, 0.1) is 11.8 Å². The van der Waals surface area contributed by atoms with Gasteiger partial charge in [0.05, 0.1) is 12.1 Å². The Hall–Kier alpha value is -1.86. The van der Waals surface area contributed by atoms with Crippen LogP contribution in [0.4, 0.5) is 0 Å². The van der Waals surface area contributed by atoms with E-state index in [4.69, 9.17) is 5.73 Å². The van der Waals surface area contributed by atoms with Gasteiger partial charge < -0.3 is 10.6 Å². The van der Waals surface area contributed by atoms with E-state index in [2.05, 4.69) is 16.8 Å². The standard InChI is InChI=1S/C14H19N3O/c1-4-17(11(2)3)14(18)13-12(7-5-9-15)8-6-10-16-13/h6,8,10-11H,4,9,15H2,1-3H3. The van der Waals surface area contributed by atoms with Crippen molar-refractivity contribution in [2.75, 3.05) is 13.1 Å². The highest BCUT2D eigenvalue weighted by molar-refractivity contribution is 5.94. The molecular formula is C14H19N3O. The second-order valence-electron chi connectivity index (χ2n) is 4.09. The fraction of sp³-hybridized carbons (Fsp3) is 0.429. The van der Waals surface area contributed by atoms with Crippen LogP contribution in [-0.2, 0) is 0 Å². The summed E-state index contributed by atoms with van der Waals surface area (Å²) in [6, 6.07) is 3.69. The number of nitrogens with two attached hydrogens (primary N) is 1. The van der Waals surface area contributed by atoms with Crippen molar-refractivity contribution in [2.24, 2.45) is 5.73 Å². The first-order chi connectivity index (χ1) is 8.61. The molecule has 0 radical (unpaired) electrons. The molecule has 1 aromatic rings. The van der Waals surface area contributed by atoms with E-state index in [0.29, 0.717) is 17.8 Å². The molecule has 4 nitrogen and oxygen atoms in total. The fourth-order valence-electron chi connectivity index (χ4n) is 1.70. The molecule has 1 amide bonds. The van der Waals surface area contributed by atoms with E-state index in [9.17, 15) is 4.79 Å². The Kier molecular flexibility index (Phi) is 5.34. The lowest BCUT2D eigenvalue weighted by molar-refractivity contribution is 0.0710. The van der Waals surface area contributed by atoms with Gasteiger partial charge in [0, 0.05) is 18.8 Å². The highest BCUT2D eigenvalue weighted by Gasteiger charge is 2.20. The molecule has 1 heterocycles. The number of carbonyl (C=O) groups is 1. The van der Waals surface area contributed by atoms with Crippen molar-refractivity contribution in [3.8, 4) is 11.8 Å². The van der Waals surface area contributed by atoms with Crippen LogP contribution >= 0.6 is 0 Å². The van der Waals surface area contributed by atoms with Gasteiger partial charge in [-0.2, -0.15) is 0 Å². The molecule has 18 heavy (non-hydrogen) atoms. The molecule has 0 fully saturated rings. The zero-order chi connectivity index (χ0) is 13.5. The third-order valence-corrected chi connectivity index (χ3v) is 2.56. The van der Waals surface area contributed by atoms with E-state index >= 15 is 0 Å². The average Bonchev–Trinajstić information content (AvgIpc) is 2.37. The number of nitrogens with zero attached hydrogens (tertiary/aromatic N) is 2. The smallest absolute Gasteiger partial charge is 0.273 e. The molecule has 0 atom stereocenters. The molecule has 0 unspecified atom stereocenters. The SMILES string of the molecule is CCN(C(=O)c1ncccc1C#CCN)C(C)C. The Labute approximate surface area is 108 Å². The monoisotopic (exact) mass is 245 g/mol. The third-order valence-electron chi connectivity index (χ3n) is 2.56. The quantitative estimate of drug-likeness (QED) is 0.816. The first-order valence-electron chi connectivity index (χ1n) is 6.06. The van der Waals surface area contributed by atoms with Crippen molar-refractivity contribution < 1.29 is 4.79 Å². The van der Waals surface area contributed by atoms with Gasteiger partial charge in [-0.3, -0.25) is 4.79 Å². The van der Waals surface area contributed by atoms with Gasteiger partial charge in [0.15, 0.2) is 0 Å². The third kappa shape index (κ3) is 3.31. The average molecular weight is 245 g/mol. The van der Waals surface area contributed by atoms with Crippen LogP contribution < -0.4 is 5.73 Å². The number of aromatic nitrogens is 1. The molecule has 96 valence electrons. The Morgan fingerprint density at radius 1 is 1.56 bits per heavy atom. The van der Waals surface area contributed by atoms with Crippen molar-refractivity contribution in [1.82, 2.24) is 9.88 Å². The minimum atomic E-state index is -0.0885. The van der Waals surface area contributed by atoms with Crippen LogP contribution in [-0.4, -0.2) is 34.9 Å². The fourth-order valence-corrected chi connectivity index (χ4v) is 1.70. The van der Waals surface area contributed by atoms with Gasteiger partial charge in [-0.05, 0) is 32.9 Å². The number of hydrogen-bond acceptors (Lipinski definition) is 3. The van der Waals surface area contributed by atoms with E-state index in [0.717, 1.165) is 0 Å². The van der Waals surface area contributed by atoms with Crippen LogP contribution in [0.1, 0.15) is 36.8 Å². The minimum Gasteiger partial charge on any atom is -0.335 e. The molecule has 0 aliphatic rings. The summed E-state index contributed by atoms with van der Waals surface area (Å²) in [4.78, 5) is 18.3. The molecule has 0 aliphatic carbocycles. The van der Waals surface area contributed by atoms with Gasteiger partial charge in [0.2, 0.25) is 0 Å². The largest absolute Gasteiger partial charge is 0.335 e. The van der Waals surface area contributed by atoms with Gasteiger partial charge >= 0.3 is 0 Å². The Morgan fingerprint density at radius 3 is 2.83 bits per heavy atom. The van der Waals surface area contributed by atoms with Gasteiger partial charge in [-0.15, -0.1) is 0 Å². The van der Waals surface area contributed by atoms with E-state index < -0.39 is 0 Å². The lowest BCUT2D eigenvalue weighted by atomic mass is 10.1. The molecule has 0 saturated carbocycles. The maximum atomic E-state index is 12.4. The first-order valence-corrected chi connectivity index (χ1v) is 6.06.